The van der Waals surface area contributed by atoms with Gasteiger partial charge in [0.05, 0.1) is 12.1 Å². The highest BCUT2D eigenvalue weighted by Gasteiger charge is 2.30. The number of hydrogen-bond donors (Lipinski definition) is 1. The van der Waals surface area contributed by atoms with Crippen molar-refractivity contribution in [3.8, 4) is 11.3 Å². The first-order valence-electron chi connectivity index (χ1n) is 7.23. The van der Waals surface area contributed by atoms with E-state index in [1.165, 1.54) is 6.07 Å². The van der Waals surface area contributed by atoms with Gasteiger partial charge >= 0.3 is 6.18 Å². The average Bonchev–Trinajstić information content (AvgIpc) is 2.94. The first kappa shape index (κ1) is 16.6. The normalized spacial score (nSPS) is 12.6. The fourth-order valence-corrected chi connectivity index (χ4v) is 1.93. The van der Waals surface area contributed by atoms with Crippen molar-refractivity contribution in [2.75, 3.05) is 0 Å². The summed E-state index contributed by atoms with van der Waals surface area (Å²) >= 11 is 0. The van der Waals surface area contributed by atoms with Crippen molar-refractivity contribution >= 4 is 0 Å². The minimum Gasteiger partial charge on any atom is -0.460 e. The maximum atomic E-state index is 12.7. The van der Waals surface area contributed by atoms with Gasteiger partial charge in [0.1, 0.15) is 11.5 Å². The van der Waals surface area contributed by atoms with Gasteiger partial charge in [-0.15, -0.1) is 0 Å². The van der Waals surface area contributed by atoms with Gasteiger partial charge in [-0.2, -0.15) is 13.2 Å². The molecule has 0 bridgehead atoms. The number of halogens is 3. The number of rotatable bonds is 5. The number of furan rings is 1. The largest absolute Gasteiger partial charge is 0.460 e. The van der Waals surface area contributed by atoms with Crippen molar-refractivity contribution in [2.24, 2.45) is 0 Å². The van der Waals surface area contributed by atoms with E-state index < -0.39 is 11.7 Å². The Kier molecular flexibility index (Phi) is 4.66. The van der Waals surface area contributed by atoms with Crippen LogP contribution in [-0.2, 0) is 12.7 Å². The van der Waals surface area contributed by atoms with Gasteiger partial charge in [0.15, 0.2) is 0 Å². The molecular formula is C17H20F3NO. The molecule has 0 amide bonds. The molecule has 22 heavy (non-hydrogen) atoms. The maximum absolute atomic E-state index is 12.7. The molecule has 0 aliphatic heterocycles. The van der Waals surface area contributed by atoms with Crippen LogP contribution in [0, 0.1) is 0 Å². The van der Waals surface area contributed by atoms with E-state index in [-0.39, 0.29) is 5.54 Å². The van der Waals surface area contributed by atoms with Crippen LogP contribution in [0.4, 0.5) is 13.2 Å². The second-order valence-corrected chi connectivity index (χ2v) is 5.94. The summed E-state index contributed by atoms with van der Waals surface area (Å²) in [6.45, 7) is 6.80. The first-order valence-corrected chi connectivity index (χ1v) is 7.23. The summed E-state index contributed by atoms with van der Waals surface area (Å²) in [4.78, 5) is 0. The molecule has 2 rings (SSSR count). The molecule has 0 spiro atoms. The molecule has 5 heteroatoms. The van der Waals surface area contributed by atoms with Crippen molar-refractivity contribution in [1.29, 1.82) is 0 Å². The average molecular weight is 311 g/mol. The van der Waals surface area contributed by atoms with Gasteiger partial charge in [-0.1, -0.05) is 19.1 Å². The van der Waals surface area contributed by atoms with Crippen molar-refractivity contribution in [3.63, 3.8) is 0 Å². The summed E-state index contributed by atoms with van der Waals surface area (Å²) in [5.41, 5.74) is -0.257. The monoisotopic (exact) mass is 311 g/mol. The van der Waals surface area contributed by atoms with E-state index in [0.29, 0.717) is 23.6 Å². The molecule has 0 saturated carbocycles. The highest BCUT2D eigenvalue weighted by molar-refractivity contribution is 5.58. The summed E-state index contributed by atoms with van der Waals surface area (Å²) in [6, 6.07) is 8.64. The minimum atomic E-state index is -4.35. The third-order valence-corrected chi connectivity index (χ3v) is 3.76. The Morgan fingerprint density at radius 2 is 1.82 bits per heavy atom. The molecule has 1 N–H and O–H groups in total. The van der Waals surface area contributed by atoms with Crippen molar-refractivity contribution in [3.05, 3.63) is 47.7 Å². The Morgan fingerprint density at radius 3 is 2.45 bits per heavy atom. The van der Waals surface area contributed by atoms with Gasteiger partial charge in [-0.3, -0.25) is 0 Å². The number of hydrogen-bond acceptors (Lipinski definition) is 2. The van der Waals surface area contributed by atoms with Gasteiger partial charge in [0.25, 0.3) is 0 Å². The molecule has 0 aliphatic carbocycles. The second-order valence-electron chi connectivity index (χ2n) is 5.94. The van der Waals surface area contributed by atoms with E-state index in [4.69, 9.17) is 4.42 Å². The molecule has 0 atom stereocenters. The quantitative estimate of drug-likeness (QED) is 0.816. The minimum absolute atomic E-state index is 0.0108. The molecule has 0 saturated heterocycles. The van der Waals surface area contributed by atoms with Crippen molar-refractivity contribution in [1.82, 2.24) is 5.32 Å². The van der Waals surface area contributed by atoms with Gasteiger partial charge < -0.3 is 9.73 Å². The molecular weight excluding hydrogens is 291 g/mol. The number of benzene rings is 1. The maximum Gasteiger partial charge on any atom is 0.416 e. The molecule has 0 fully saturated rings. The highest BCUT2D eigenvalue weighted by Crippen LogP contribution is 2.32. The summed E-state index contributed by atoms with van der Waals surface area (Å²) in [5, 5.41) is 3.35. The van der Waals surface area contributed by atoms with Gasteiger partial charge in [0.2, 0.25) is 0 Å². The van der Waals surface area contributed by atoms with Gasteiger partial charge in [-0.25, -0.2) is 0 Å². The second kappa shape index (κ2) is 6.16. The Bertz CT molecular complexity index is 629. The lowest BCUT2D eigenvalue weighted by Gasteiger charge is -2.23. The summed E-state index contributed by atoms with van der Waals surface area (Å²) in [6.07, 6.45) is -3.38. The lowest BCUT2D eigenvalue weighted by Crippen LogP contribution is -2.37. The zero-order valence-corrected chi connectivity index (χ0v) is 12.9. The van der Waals surface area contributed by atoms with Crippen LogP contribution in [0.5, 0.6) is 0 Å². The van der Waals surface area contributed by atoms with E-state index in [1.54, 1.807) is 18.2 Å². The van der Waals surface area contributed by atoms with Crippen LogP contribution in [0.2, 0.25) is 0 Å². The molecule has 1 aromatic heterocycles. The predicted octanol–water partition coefficient (Wildman–Crippen LogP) is 5.24. The van der Waals surface area contributed by atoms with Crippen LogP contribution >= 0.6 is 0 Å². The molecule has 2 nitrogen and oxygen atoms in total. The molecule has 1 aromatic carbocycles. The van der Waals surface area contributed by atoms with E-state index >= 15 is 0 Å². The van der Waals surface area contributed by atoms with Gasteiger partial charge in [-0.05, 0) is 44.5 Å². The SMILES string of the molecule is CCC(C)(C)NCc1ccc(-c2cccc(C(F)(F)F)c2)o1. The van der Waals surface area contributed by atoms with E-state index in [0.717, 1.165) is 18.6 Å². The summed E-state index contributed by atoms with van der Waals surface area (Å²) < 4.78 is 43.9. The molecule has 0 unspecified atom stereocenters. The molecule has 0 radical (unpaired) electrons. The fourth-order valence-electron chi connectivity index (χ4n) is 1.93. The van der Waals surface area contributed by atoms with E-state index in [9.17, 15) is 13.2 Å². The summed E-state index contributed by atoms with van der Waals surface area (Å²) in [7, 11) is 0. The number of alkyl halides is 3. The Balaban J connectivity index is 2.15. The van der Waals surface area contributed by atoms with Crippen LogP contribution in [0.15, 0.2) is 40.8 Å². The zero-order chi connectivity index (χ0) is 16.4. The van der Waals surface area contributed by atoms with Crippen molar-refractivity contribution in [2.45, 2.75) is 45.5 Å². The third kappa shape index (κ3) is 4.13. The van der Waals surface area contributed by atoms with E-state index in [2.05, 4.69) is 26.1 Å². The molecule has 0 aliphatic rings. The highest BCUT2D eigenvalue weighted by atomic mass is 19.4. The standard InChI is InChI=1S/C17H20F3NO/c1-4-16(2,3)21-11-14-8-9-15(22-14)12-6-5-7-13(10-12)17(18,19)20/h5-10,21H,4,11H2,1-3H3. The van der Waals surface area contributed by atoms with Crippen LogP contribution in [0.25, 0.3) is 11.3 Å². The zero-order valence-electron chi connectivity index (χ0n) is 12.9. The summed E-state index contributed by atoms with van der Waals surface area (Å²) in [5.74, 6) is 1.14. The Labute approximate surface area is 128 Å². The Morgan fingerprint density at radius 1 is 1.09 bits per heavy atom. The van der Waals surface area contributed by atoms with Crippen LogP contribution in [-0.4, -0.2) is 5.54 Å². The van der Waals surface area contributed by atoms with Gasteiger partial charge in [0, 0.05) is 11.1 Å². The molecule has 120 valence electrons. The first-order chi connectivity index (χ1) is 10.2. The van der Waals surface area contributed by atoms with Crippen LogP contribution < -0.4 is 5.32 Å². The third-order valence-electron chi connectivity index (χ3n) is 3.76. The fraction of sp³-hybridized carbons (Fsp3) is 0.412. The van der Waals surface area contributed by atoms with E-state index in [1.807, 2.05) is 0 Å². The lowest BCUT2D eigenvalue weighted by atomic mass is 10.0. The topological polar surface area (TPSA) is 25.2 Å². The lowest BCUT2D eigenvalue weighted by molar-refractivity contribution is -0.137. The molecule has 1 heterocycles. The van der Waals surface area contributed by atoms with Crippen LogP contribution in [0.1, 0.15) is 38.5 Å². The predicted molar refractivity (Wildman–Crippen MR) is 80.4 cm³/mol. The smallest absolute Gasteiger partial charge is 0.416 e. The molecule has 2 aromatic rings. The van der Waals surface area contributed by atoms with Crippen LogP contribution in [0.3, 0.4) is 0 Å². The Hall–Kier alpha value is -1.75. The number of nitrogens with one attached hydrogen (secondary N) is 1. The van der Waals surface area contributed by atoms with Crippen molar-refractivity contribution < 1.29 is 17.6 Å².